The van der Waals surface area contributed by atoms with Crippen molar-refractivity contribution in [1.29, 1.82) is 0 Å². The van der Waals surface area contributed by atoms with Gasteiger partial charge in [-0.25, -0.2) is 0 Å². The molecule has 0 fully saturated rings. The molecule has 0 saturated heterocycles. The number of benzene rings is 2. The summed E-state index contributed by atoms with van der Waals surface area (Å²) >= 11 is 17.9. The minimum atomic E-state index is -0.428. The molecule has 1 N–H and O–H groups in total. The molecule has 4 nitrogen and oxygen atoms in total. The first-order valence-electron chi connectivity index (χ1n) is 6.93. The number of hydrogen-bond acceptors (Lipinski definition) is 3. The highest BCUT2D eigenvalue weighted by atomic mass is 35.5. The lowest BCUT2D eigenvalue weighted by Gasteiger charge is -2.07. The predicted molar refractivity (Wildman–Crippen MR) is 96.9 cm³/mol. The van der Waals surface area contributed by atoms with Gasteiger partial charge in [0.15, 0.2) is 5.76 Å². The van der Waals surface area contributed by atoms with Gasteiger partial charge in [0.2, 0.25) is 0 Å². The molecular weight excluding hydrogens is 373 g/mol. The van der Waals surface area contributed by atoms with E-state index < -0.39 is 5.91 Å². The molecule has 0 saturated carbocycles. The molecule has 0 aliphatic carbocycles. The fourth-order valence-electron chi connectivity index (χ4n) is 2.34. The van der Waals surface area contributed by atoms with Gasteiger partial charge in [0.05, 0.1) is 27.9 Å². The van der Waals surface area contributed by atoms with Crippen LogP contribution in [0.2, 0.25) is 15.1 Å². The number of hydrogen-bond donors (Lipinski definition) is 1. The minimum absolute atomic E-state index is 0.195. The Hall–Kier alpha value is -1.88. The molecule has 1 amide bonds. The highest BCUT2D eigenvalue weighted by Gasteiger charge is 2.19. The van der Waals surface area contributed by atoms with Crippen molar-refractivity contribution in [2.45, 2.75) is 6.92 Å². The largest absolute Gasteiger partial charge is 0.497 e. The molecule has 1 heterocycles. The van der Waals surface area contributed by atoms with E-state index in [2.05, 4.69) is 5.32 Å². The number of amides is 1. The SMILES string of the molecule is COc1ccc2oc(C(=O)Nc3cc(Cl)c(Cl)cc3Cl)c(C)c2c1. The average Bonchev–Trinajstić information content (AvgIpc) is 2.89. The molecule has 0 aliphatic heterocycles. The summed E-state index contributed by atoms with van der Waals surface area (Å²) in [6.07, 6.45) is 0. The third-order valence-corrected chi connectivity index (χ3v) is 4.64. The molecule has 0 radical (unpaired) electrons. The van der Waals surface area contributed by atoms with Crippen LogP contribution in [0.3, 0.4) is 0 Å². The summed E-state index contributed by atoms with van der Waals surface area (Å²) in [4.78, 5) is 12.5. The molecular formula is C17H12Cl3NO3. The van der Waals surface area contributed by atoms with Crippen molar-refractivity contribution in [3.8, 4) is 5.75 Å². The topological polar surface area (TPSA) is 51.5 Å². The molecule has 3 aromatic rings. The lowest BCUT2D eigenvalue weighted by molar-refractivity contribution is 0.0998. The number of ether oxygens (including phenoxy) is 1. The summed E-state index contributed by atoms with van der Waals surface area (Å²) in [5.41, 5.74) is 1.66. The van der Waals surface area contributed by atoms with Gasteiger partial charge in [0.1, 0.15) is 11.3 Å². The van der Waals surface area contributed by atoms with Crippen LogP contribution in [0.4, 0.5) is 5.69 Å². The zero-order valence-electron chi connectivity index (χ0n) is 12.7. The number of fused-ring (bicyclic) bond motifs is 1. The molecule has 0 spiro atoms. The number of carbonyl (C=O) groups excluding carboxylic acids is 1. The first kappa shape index (κ1) is 17.0. The van der Waals surface area contributed by atoms with Crippen LogP contribution in [0.15, 0.2) is 34.7 Å². The van der Waals surface area contributed by atoms with E-state index in [-0.39, 0.29) is 10.8 Å². The molecule has 2 aromatic carbocycles. The second kappa shape index (κ2) is 6.55. The van der Waals surface area contributed by atoms with Crippen LogP contribution in [0.25, 0.3) is 11.0 Å². The molecule has 124 valence electrons. The van der Waals surface area contributed by atoms with Crippen LogP contribution >= 0.6 is 34.8 Å². The first-order valence-corrected chi connectivity index (χ1v) is 8.07. The van der Waals surface area contributed by atoms with E-state index in [1.165, 1.54) is 12.1 Å². The fourth-order valence-corrected chi connectivity index (χ4v) is 2.94. The van der Waals surface area contributed by atoms with Gasteiger partial charge in [-0.15, -0.1) is 0 Å². The quantitative estimate of drug-likeness (QED) is 0.567. The van der Waals surface area contributed by atoms with E-state index in [1.54, 1.807) is 26.2 Å². The van der Waals surface area contributed by atoms with Crippen molar-refractivity contribution < 1.29 is 13.9 Å². The van der Waals surface area contributed by atoms with Gasteiger partial charge >= 0.3 is 0 Å². The highest BCUT2D eigenvalue weighted by Crippen LogP contribution is 2.33. The third-order valence-electron chi connectivity index (χ3n) is 3.61. The first-order chi connectivity index (χ1) is 11.4. The van der Waals surface area contributed by atoms with Crippen LogP contribution in [0, 0.1) is 6.92 Å². The summed E-state index contributed by atoms with van der Waals surface area (Å²) in [6, 6.07) is 8.30. The maximum Gasteiger partial charge on any atom is 0.291 e. The number of carbonyl (C=O) groups is 1. The summed E-state index contributed by atoms with van der Waals surface area (Å²) < 4.78 is 10.9. The number of furan rings is 1. The zero-order chi connectivity index (χ0) is 17.4. The van der Waals surface area contributed by atoms with Crippen molar-refractivity contribution in [2.24, 2.45) is 0 Å². The second-order valence-electron chi connectivity index (χ2n) is 5.12. The predicted octanol–water partition coefficient (Wildman–Crippen LogP) is 5.96. The number of anilines is 1. The molecule has 0 aliphatic rings. The number of halogens is 3. The van der Waals surface area contributed by atoms with Crippen LogP contribution in [0.1, 0.15) is 16.1 Å². The lowest BCUT2D eigenvalue weighted by atomic mass is 10.1. The van der Waals surface area contributed by atoms with E-state index in [9.17, 15) is 4.79 Å². The Labute approximate surface area is 153 Å². The molecule has 0 bridgehead atoms. The smallest absolute Gasteiger partial charge is 0.291 e. The molecule has 3 rings (SSSR count). The normalized spacial score (nSPS) is 10.9. The van der Waals surface area contributed by atoms with E-state index in [1.807, 2.05) is 6.07 Å². The molecule has 0 atom stereocenters. The molecule has 24 heavy (non-hydrogen) atoms. The Morgan fingerprint density at radius 2 is 1.79 bits per heavy atom. The minimum Gasteiger partial charge on any atom is -0.497 e. The van der Waals surface area contributed by atoms with Gasteiger partial charge in [-0.1, -0.05) is 34.8 Å². The third kappa shape index (κ3) is 3.05. The Morgan fingerprint density at radius 3 is 2.50 bits per heavy atom. The van der Waals surface area contributed by atoms with Crippen LogP contribution in [-0.2, 0) is 0 Å². The summed E-state index contributed by atoms with van der Waals surface area (Å²) in [5, 5.41) is 4.38. The van der Waals surface area contributed by atoms with Gasteiger partial charge in [-0.3, -0.25) is 4.79 Å². The lowest BCUT2D eigenvalue weighted by Crippen LogP contribution is -2.12. The monoisotopic (exact) mass is 383 g/mol. The summed E-state index contributed by atoms with van der Waals surface area (Å²) in [5.74, 6) is 0.453. The van der Waals surface area contributed by atoms with E-state index in [4.69, 9.17) is 44.0 Å². The van der Waals surface area contributed by atoms with Crippen molar-refractivity contribution in [3.05, 3.63) is 56.7 Å². The maximum atomic E-state index is 12.5. The Balaban J connectivity index is 1.97. The second-order valence-corrected chi connectivity index (χ2v) is 6.34. The van der Waals surface area contributed by atoms with E-state index in [0.717, 1.165) is 5.39 Å². The number of rotatable bonds is 3. The van der Waals surface area contributed by atoms with Crippen molar-refractivity contribution >= 4 is 57.4 Å². The van der Waals surface area contributed by atoms with Crippen LogP contribution < -0.4 is 10.1 Å². The Kier molecular flexibility index (Phi) is 4.63. The van der Waals surface area contributed by atoms with Gasteiger partial charge in [-0.2, -0.15) is 0 Å². The van der Waals surface area contributed by atoms with Gasteiger partial charge in [-0.05, 0) is 37.3 Å². The molecule has 1 aromatic heterocycles. The van der Waals surface area contributed by atoms with Gasteiger partial charge in [0.25, 0.3) is 5.91 Å². The van der Waals surface area contributed by atoms with Crippen LogP contribution in [0.5, 0.6) is 5.75 Å². The summed E-state index contributed by atoms with van der Waals surface area (Å²) in [7, 11) is 1.58. The Morgan fingerprint density at radius 1 is 1.08 bits per heavy atom. The fraction of sp³-hybridized carbons (Fsp3) is 0.118. The van der Waals surface area contributed by atoms with E-state index >= 15 is 0 Å². The average molecular weight is 385 g/mol. The van der Waals surface area contributed by atoms with Crippen LogP contribution in [-0.4, -0.2) is 13.0 Å². The molecule has 0 unspecified atom stereocenters. The van der Waals surface area contributed by atoms with Gasteiger partial charge < -0.3 is 14.5 Å². The van der Waals surface area contributed by atoms with Gasteiger partial charge in [0, 0.05) is 10.9 Å². The number of methoxy groups -OCH3 is 1. The van der Waals surface area contributed by atoms with Crippen molar-refractivity contribution in [1.82, 2.24) is 0 Å². The zero-order valence-corrected chi connectivity index (χ0v) is 15.0. The molecule has 7 heteroatoms. The van der Waals surface area contributed by atoms with E-state index in [0.29, 0.717) is 32.6 Å². The van der Waals surface area contributed by atoms with Crippen molar-refractivity contribution in [3.63, 3.8) is 0 Å². The Bertz CT molecular complexity index is 950. The summed E-state index contributed by atoms with van der Waals surface area (Å²) in [6.45, 7) is 1.80. The standard InChI is InChI=1S/C17H12Cl3NO3/c1-8-10-5-9(23-2)3-4-15(10)24-16(8)17(22)21-14-7-12(19)11(18)6-13(14)20/h3-7H,1-2H3,(H,21,22). The maximum absolute atomic E-state index is 12.5. The highest BCUT2D eigenvalue weighted by molar-refractivity contribution is 6.44. The number of nitrogens with one attached hydrogen (secondary N) is 1. The number of aryl methyl sites for hydroxylation is 1. The van der Waals surface area contributed by atoms with Crippen molar-refractivity contribution in [2.75, 3.05) is 12.4 Å².